The van der Waals surface area contributed by atoms with Crippen molar-refractivity contribution in [1.29, 1.82) is 0 Å². The third kappa shape index (κ3) is 2.84. The number of nitrogens with zero attached hydrogens (tertiary/aromatic N) is 1. The van der Waals surface area contributed by atoms with Gasteiger partial charge in [-0.05, 0) is 41.1 Å². The van der Waals surface area contributed by atoms with Crippen molar-refractivity contribution < 1.29 is 9.59 Å². The Morgan fingerprint density at radius 2 is 2.05 bits per heavy atom. The number of carbonyl (C=O) groups is 2. The number of carbonyl (C=O) groups excluding carboxylic acids is 2. The second-order valence-electron chi connectivity index (χ2n) is 6.96. The van der Waals surface area contributed by atoms with Gasteiger partial charge in [0.25, 0.3) is 0 Å². The van der Waals surface area contributed by atoms with Crippen molar-refractivity contribution in [3.63, 3.8) is 0 Å². The first-order valence-electron chi connectivity index (χ1n) is 7.33. The highest BCUT2D eigenvalue weighted by Gasteiger charge is 2.51. The van der Waals surface area contributed by atoms with Gasteiger partial charge in [-0.2, -0.15) is 11.3 Å². The van der Waals surface area contributed by atoms with E-state index in [2.05, 4.69) is 5.32 Å². The fraction of sp³-hybridized carbons (Fsp3) is 0.625. The van der Waals surface area contributed by atoms with E-state index in [0.29, 0.717) is 13.0 Å². The van der Waals surface area contributed by atoms with Gasteiger partial charge < -0.3 is 10.2 Å². The molecule has 116 valence electrons. The molecule has 1 aliphatic heterocycles. The highest BCUT2D eigenvalue weighted by Crippen LogP contribution is 2.32. The molecule has 0 saturated carbocycles. The zero-order valence-corrected chi connectivity index (χ0v) is 14.2. The third-order valence-corrected chi connectivity index (χ3v) is 5.08. The molecule has 1 N–H and O–H groups in total. The molecule has 2 unspecified atom stereocenters. The Hall–Kier alpha value is -1.36. The summed E-state index contributed by atoms with van der Waals surface area (Å²) in [4.78, 5) is 27.3. The maximum absolute atomic E-state index is 12.9. The summed E-state index contributed by atoms with van der Waals surface area (Å²) in [5, 5.41) is 6.95. The SMILES string of the molecule is CCC1(C)C(=O)NC(C(C)(C)C)C(=O)N1Cc1ccsc1. The van der Waals surface area contributed by atoms with Crippen LogP contribution in [0.4, 0.5) is 0 Å². The minimum absolute atomic E-state index is 0.0117. The average Bonchev–Trinajstić information content (AvgIpc) is 2.90. The van der Waals surface area contributed by atoms with Crippen LogP contribution in [0, 0.1) is 5.41 Å². The summed E-state index contributed by atoms with van der Waals surface area (Å²) in [6.45, 7) is 10.2. The van der Waals surface area contributed by atoms with E-state index in [4.69, 9.17) is 0 Å². The molecule has 2 atom stereocenters. The minimum Gasteiger partial charge on any atom is -0.342 e. The van der Waals surface area contributed by atoms with Crippen molar-refractivity contribution in [3.8, 4) is 0 Å². The molecule has 1 aromatic heterocycles. The highest BCUT2D eigenvalue weighted by molar-refractivity contribution is 7.07. The van der Waals surface area contributed by atoms with Crippen molar-refractivity contribution in [2.75, 3.05) is 0 Å². The quantitative estimate of drug-likeness (QED) is 0.933. The van der Waals surface area contributed by atoms with E-state index in [0.717, 1.165) is 5.56 Å². The summed E-state index contributed by atoms with van der Waals surface area (Å²) in [6.07, 6.45) is 0.603. The van der Waals surface area contributed by atoms with E-state index in [1.165, 1.54) is 0 Å². The van der Waals surface area contributed by atoms with Crippen LogP contribution in [0.3, 0.4) is 0 Å². The van der Waals surface area contributed by atoms with E-state index in [-0.39, 0.29) is 17.2 Å². The number of thiophene rings is 1. The summed E-state index contributed by atoms with van der Waals surface area (Å²) < 4.78 is 0. The van der Waals surface area contributed by atoms with E-state index in [1.807, 2.05) is 51.4 Å². The van der Waals surface area contributed by atoms with Gasteiger partial charge in [-0.3, -0.25) is 9.59 Å². The molecule has 1 saturated heterocycles. The van der Waals surface area contributed by atoms with Crippen LogP contribution >= 0.6 is 11.3 Å². The molecule has 0 aliphatic carbocycles. The minimum atomic E-state index is -0.777. The van der Waals surface area contributed by atoms with E-state index < -0.39 is 11.6 Å². The summed E-state index contributed by atoms with van der Waals surface area (Å²) >= 11 is 1.61. The van der Waals surface area contributed by atoms with Gasteiger partial charge >= 0.3 is 0 Å². The lowest BCUT2D eigenvalue weighted by Crippen LogP contribution is -2.71. The van der Waals surface area contributed by atoms with Gasteiger partial charge in [0.15, 0.2) is 0 Å². The smallest absolute Gasteiger partial charge is 0.246 e. The van der Waals surface area contributed by atoms with Crippen LogP contribution in [-0.2, 0) is 16.1 Å². The predicted octanol–water partition coefficient (Wildman–Crippen LogP) is 2.79. The Morgan fingerprint density at radius 1 is 1.38 bits per heavy atom. The summed E-state index contributed by atoms with van der Waals surface area (Å²) in [5.74, 6) is -0.0441. The molecule has 21 heavy (non-hydrogen) atoms. The standard InChI is InChI=1S/C16H24N2O2S/c1-6-16(5)14(20)17-12(15(2,3)4)13(19)18(16)9-11-7-8-21-10-11/h7-8,10,12H,6,9H2,1-5H3,(H,17,20). The molecule has 4 nitrogen and oxygen atoms in total. The molecular formula is C16H24N2O2S. The van der Waals surface area contributed by atoms with Gasteiger partial charge in [-0.1, -0.05) is 27.7 Å². The van der Waals surface area contributed by atoms with Crippen LogP contribution in [0.1, 0.15) is 46.6 Å². The lowest BCUT2D eigenvalue weighted by atomic mass is 9.80. The van der Waals surface area contributed by atoms with Crippen LogP contribution in [0.2, 0.25) is 0 Å². The van der Waals surface area contributed by atoms with Crippen LogP contribution < -0.4 is 5.32 Å². The predicted molar refractivity (Wildman–Crippen MR) is 85.0 cm³/mol. The summed E-state index contributed by atoms with van der Waals surface area (Å²) in [6, 6.07) is 1.54. The monoisotopic (exact) mass is 308 g/mol. The molecule has 0 spiro atoms. The number of rotatable bonds is 3. The first-order chi connectivity index (χ1) is 9.70. The van der Waals surface area contributed by atoms with Crippen molar-refractivity contribution in [2.45, 2.75) is 59.2 Å². The average molecular weight is 308 g/mol. The van der Waals surface area contributed by atoms with Gasteiger partial charge in [-0.15, -0.1) is 0 Å². The van der Waals surface area contributed by atoms with Gasteiger partial charge in [0.05, 0.1) is 0 Å². The van der Waals surface area contributed by atoms with Gasteiger partial charge in [0.1, 0.15) is 11.6 Å². The van der Waals surface area contributed by atoms with Crippen LogP contribution in [0.25, 0.3) is 0 Å². The Morgan fingerprint density at radius 3 is 2.52 bits per heavy atom. The maximum atomic E-state index is 12.9. The molecule has 2 heterocycles. The highest BCUT2D eigenvalue weighted by atomic mass is 32.1. The molecular weight excluding hydrogens is 284 g/mol. The molecule has 5 heteroatoms. The number of amides is 2. The fourth-order valence-corrected chi connectivity index (χ4v) is 3.29. The summed E-state index contributed by atoms with van der Waals surface area (Å²) in [5.41, 5.74) is 0.00513. The topological polar surface area (TPSA) is 49.4 Å². The Bertz CT molecular complexity index is 533. The fourth-order valence-electron chi connectivity index (χ4n) is 2.63. The summed E-state index contributed by atoms with van der Waals surface area (Å²) in [7, 11) is 0. The van der Waals surface area contributed by atoms with Crippen molar-refractivity contribution in [1.82, 2.24) is 10.2 Å². The second-order valence-corrected chi connectivity index (χ2v) is 7.74. The number of hydrogen-bond acceptors (Lipinski definition) is 3. The van der Waals surface area contributed by atoms with E-state index in [9.17, 15) is 9.59 Å². The van der Waals surface area contributed by atoms with E-state index >= 15 is 0 Å². The van der Waals surface area contributed by atoms with Crippen molar-refractivity contribution in [3.05, 3.63) is 22.4 Å². The third-order valence-electron chi connectivity index (χ3n) is 4.35. The molecule has 0 aromatic carbocycles. The molecule has 1 aromatic rings. The van der Waals surface area contributed by atoms with Gasteiger partial charge in [0, 0.05) is 6.54 Å². The van der Waals surface area contributed by atoms with Crippen LogP contribution in [-0.4, -0.2) is 28.3 Å². The van der Waals surface area contributed by atoms with E-state index in [1.54, 1.807) is 16.2 Å². The molecule has 0 radical (unpaired) electrons. The molecule has 0 bridgehead atoms. The molecule has 1 fully saturated rings. The van der Waals surface area contributed by atoms with Crippen LogP contribution in [0.5, 0.6) is 0 Å². The Kier molecular flexibility index (Phi) is 4.15. The number of nitrogens with one attached hydrogen (secondary N) is 1. The van der Waals surface area contributed by atoms with Gasteiger partial charge in [-0.25, -0.2) is 0 Å². The Balaban J connectivity index is 2.38. The normalized spacial score (nSPS) is 26.9. The Labute approximate surface area is 130 Å². The first-order valence-corrected chi connectivity index (χ1v) is 8.28. The molecule has 1 aliphatic rings. The largest absolute Gasteiger partial charge is 0.342 e. The van der Waals surface area contributed by atoms with Gasteiger partial charge in [0.2, 0.25) is 11.8 Å². The second kappa shape index (κ2) is 5.44. The zero-order chi connectivity index (χ0) is 15.8. The lowest BCUT2D eigenvalue weighted by Gasteiger charge is -2.48. The number of piperazine rings is 1. The lowest BCUT2D eigenvalue weighted by molar-refractivity contribution is -0.160. The first kappa shape index (κ1) is 16.0. The number of hydrogen-bond donors (Lipinski definition) is 1. The van der Waals surface area contributed by atoms with Crippen LogP contribution in [0.15, 0.2) is 16.8 Å². The molecule has 2 amide bonds. The van der Waals surface area contributed by atoms with Crippen molar-refractivity contribution in [2.24, 2.45) is 5.41 Å². The zero-order valence-electron chi connectivity index (χ0n) is 13.4. The molecule has 2 rings (SSSR count). The maximum Gasteiger partial charge on any atom is 0.246 e. The van der Waals surface area contributed by atoms with Crippen molar-refractivity contribution >= 4 is 23.2 Å².